The van der Waals surface area contributed by atoms with Crippen molar-refractivity contribution in [3.05, 3.63) is 47.8 Å². The quantitative estimate of drug-likeness (QED) is 0.368. The van der Waals surface area contributed by atoms with Crippen molar-refractivity contribution in [2.75, 3.05) is 20.1 Å². The van der Waals surface area contributed by atoms with Gasteiger partial charge in [0.2, 0.25) is 0 Å². The van der Waals surface area contributed by atoms with Gasteiger partial charge in [0.05, 0.1) is 0 Å². The average Bonchev–Trinajstić information content (AvgIpc) is 3.05. The molecule has 0 atom stereocenters. The molecule has 26 heavy (non-hydrogen) atoms. The highest BCUT2D eigenvalue weighted by atomic mass is 127. The van der Waals surface area contributed by atoms with Gasteiger partial charge in [-0.2, -0.15) is 0 Å². The summed E-state index contributed by atoms with van der Waals surface area (Å²) < 4.78 is 15.1. The Labute approximate surface area is 171 Å². The van der Waals surface area contributed by atoms with Gasteiger partial charge in [0, 0.05) is 38.5 Å². The fourth-order valence-corrected chi connectivity index (χ4v) is 2.56. The maximum atomic E-state index is 13.1. The summed E-state index contributed by atoms with van der Waals surface area (Å²) in [4.78, 5) is 4.25. The van der Waals surface area contributed by atoms with Gasteiger partial charge >= 0.3 is 0 Å². The van der Waals surface area contributed by atoms with Crippen LogP contribution in [0, 0.1) is 5.82 Å². The summed E-state index contributed by atoms with van der Waals surface area (Å²) in [6.45, 7) is 8.48. The Bertz CT molecular complexity index is 696. The first-order chi connectivity index (χ1) is 12.0. The molecule has 8 heteroatoms. The van der Waals surface area contributed by atoms with E-state index in [0.717, 1.165) is 36.9 Å². The Kier molecular flexibility index (Phi) is 8.97. The highest BCUT2D eigenvalue weighted by Gasteiger charge is 2.20. The van der Waals surface area contributed by atoms with Crippen LogP contribution in [0.25, 0.3) is 0 Å². The number of aliphatic imine (C=N–C) groups is 1. The Morgan fingerprint density at radius 3 is 2.54 bits per heavy atom. The molecule has 0 amide bonds. The van der Waals surface area contributed by atoms with Gasteiger partial charge in [-0.3, -0.25) is 4.99 Å². The summed E-state index contributed by atoms with van der Waals surface area (Å²) in [6.07, 6.45) is 2.60. The molecule has 0 saturated heterocycles. The molecule has 6 nitrogen and oxygen atoms in total. The first-order valence-electron chi connectivity index (χ1n) is 8.53. The van der Waals surface area contributed by atoms with Crippen molar-refractivity contribution in [2.24, 2.45) is 4.99 Å². The number of aromatic nitrogens is 3. The van der Waals surface area contributed by atoms with E-state index in [4.69, 9.17) is 0 Å². The van der Waals surface area contributed by atoms with Crippen LogP contribution in [-0.4, -0.2) is 40.9 Å². The Balaban J connectivity index is 0.00000338. The first kappa shape index (κ1) is 22.3. The van der Waals surface area contributed by atoms with Crippen LogP contribution < -0.4 is 10.6 Å². The van der Waals surface area contributed by atoms with Gasteiger partial charge in [0.25, 0.3) is 0 Å². The predicted octanol–water partition coefficient (Wildman–Crippen LogP) is 2.74. The molecule has 0 aliphatic heterocycles. The molecule has 1 aromatic heterocycles. The van der Waals surface area contributed by atoms with E-state index in [1.54, 1.807) is 13.4 Å². The number of hydrogen-bond acceptors (Lipinski definition) is 3. The zero-order chi connectivity index (χ0) is 18.3. The minimum Gasteiger partial charge on any atom is -0.356 e. The first-order valence-corrected chi connectivity index (χ1v) is 8.53. The average molecular weight is 474 g/mol. The molecule has 0 fully saturated rings. The normalized spacial score (nSPS) is 11.8. The molecule has 144 valence electrons. The third-order valence-electron chi connectivity index (χ3n) is 4.20. The van der Waals surface area contributed by atoms with Crippen LogP contribution in [0.5, 0.6) is 0 Å². The fraction of sp³-hybridized carbons (Fsp3) is 0.500. The van der Waals surface area contributed by atoms with Crippen molar-refractivity contribution >= 4 is 29.9 Å². The molecule has 0 unspecified atom stereocenters. The van der Waals surface area contributed by atoms with Gasteiger partial charge in [0.1, 0.15) is 18.0 Å². The summed E-state index contributed by atoms with van der Waals surface area (Å²) in [5.41, 5.74) is 0.934. The third-order valence-corrected chi connectivity index (χ3v) is 4.20. The number of nitrogens with one attached hydrogen (secondary N) is 2. The Hall–Kier alpha value is -1.71. The molecule has 1 aromatic carbocycles. The molecular formula is C18H28FIN6. The van der Waals surface area contributed by atoms with Crippen LogP contribution in [0.15, 0.2) is 35.6 Å². The van der Waals surface area contributed by atoms with Crippen molar-refractivity contribution in [3.8, 4) is 0 Å². The number of guanidine groups is 1. The van der Waals surface area contributed by atoms with Crippen molar-refractivity contribution in [1.29, 1.82) is 0 Å². The molecular weight excluding hydrogens is 446 g/mol. The lowest BCUT2D eigenvalue weighted by Crippen LogP contribution is -2.44. The summed E-state index contributed by atoms with van der Waals surface area (Å²) >= 11 is 0. The highest BCUT2D eigenvalue weighted by molar-refractivity contribution is 14.0. The van der Waals surface area contributed by atoms with Gasteiger partial charge in [-0.25, -0.2) is 4.39 Å². The number of benzene rings is 1. The molecule has 2 N–H and O–H groups in total. The molecule has 0 spiro atoms. The largest absolute Gasteiger partial charge is 0.356 e. The zero-order valence-electron chi connectivity index (χ0n) is 15.8. The van der Waals surface area contributed by atoms with Crippen molar-refractivity contribution < 1.29 is 4.39 Å². The lowest BCUT2D eigenvalue weighted by atomic mass is 9.84. The topological polar surface area (TPSA) is 67.1 Å². The van der Waals surface area contributed by atoms with Gasteiger partial charge in [-0.15, -0.1) is 34.2 Å². The van der Waals surface area contributed by atoms with Crippen LogP contribution >= 0.6 is 24.0 Å². The summed E-state index contributed by atoms with van der Waals surface area (Å²) in [5, 5.41) is 14.6. The van der Waals surface area contributed by atoms with Crippen LogP contribution in [0.2, 0.25) is 0 Å². The van der Waals surface area contributed by atoms with Gasteiger partial charge in [0.15, 0.2) is 5.96 Å². The standard InChI is InChI=1S/C18H27FN6.HI/c1-5-16-24-23-13-25(16)11-10-21-17(20-4)22-12-18(2,3)14-6-8-15(19)9-7-14;/h6-9,13H,5,10-12H2,1-4H3,(H2,20,21,22);1H. The number of hydrogen-bond donors (Lipinski definition) is 2. The second-order valence-electron chi connectivity index (χ2n) is 6.54. The number of halogens is 2. The molecule has 0 radical (unpaired) electrons. The second kappa shape index (κ2) is 10.4. The smallest absolute Gasteiger partial charge is 0.191 e. The number of rotatable bonds is 7. The SMILES string of the molecule is CCc1nncn1CCNC(=NC)NCC(C)(C)c1ccc(F)cc1.I. The molecule has 0 aliphatic carbocycles. The van der Waals surface area contributed by atoms with E-state index in [2.05, 4.69) is 46.6 Å². The van der Waals surface area contributed by atoms with Crippen molar-refractivity contribution in [2.45, 2.75) is 39.2 Å². The van der Waals surface area contributed by atoms with Gasteiger partial charge in [-0.1, -0.05) is 32.9 Å². The maximum absolute atomic E-state index is 13.1. The number of aryl methyl sites for hydroxylation is 1. The monoisotopic (exact) mass is 474 g/mol. The van der Waals surface area contributed by atoms with E-state index in [-0.39, 0.29) is 35.2 Å². The lowest BCUT2D eigenvalue weighted by molar-refractivity contribution is 0.505. The molecule has 0 aliphatic rings. The summed E-state index contributed by atoms with van der Waals surface area (Å²) in [7, 11) is 1.75. The molecule has 1 heterocycles. The second-order valence-corrected chi connectivity index (χ2v) is 6.54. The summed E-state index contributed by atoms with van der Waals surface area (Å²) in [6, 6.07) is 6.64. The van der Waals surface area contributed by atoms with Crippen LogP contribution in [0.3, 0.4) is 0 Å². The van der Waals surface area contributed by atoms with Crippen LogP contribution in [-0.2, 0) is 18.4 Å². The predicted molar refractivity (Wildman–Crippen MR) is 114 cm³/mol. The van der Waals surface area contributed by atoms with Crippen molar-refractivity contribution in [1.82, 2.24) is 25.4 Å². The minimum absolute atomic E-state index is 0. The van der Waals surface area contributed by atoms with E-state index >= 15 is 0 Å². The fourth-order valence-electron chi connectivity index (χ4n) is 2.56. The Morgan fingerprint density at radius 1 is 1.23 bits per heavy atom. The maximum Gasteiger partial charge on any atom is 0.191 e. The van der Waals surface area contributed by atoms with E-state index in [9.17, 15) is 4.39 Å². The third kappa shape index (κ3) is 6.22. The zero-order valence-corrected chi connectivity index (χ0v) is 18.1. The van der Waals surface area contributed by atoms with Gasteiger partial charge in [-0.05, 0) is 17.7 Å². The number of nitrogens with zero attached hydrogens (tertiary/aromatic N) is 4. The lowest BCUT2D eigenvalue weighted by Gasteiger charge is -2.26. The van der Waals surface area contributed by atoms with E-state index in [0.29, 0.717) is 6.54 Å². The minimum atomic E-state index is -0.217. The van der Waals surface area contributed by atoms with E-state index in [1.165, 1.54) is 12.1 Å². The van der Waals surface area contributed by atoms with Crippen molar-refractivity contribution in [3.63, 3.8) is 0 Å². The molecule has 0 bridgehead atoms. The molecule has 0 saturated carbocycles. The highest BCUT2D eigenvalue weighted by Crippen LogP contribution is 2.22. The van der Waals surface area contributed by atoms with Crippen LogP contribution in [0.1, 0.15) is 32.2 Å². The van der Waals surface area contributed by atoms with Crippen LogP contribution in [0.4, 0.5) is 4.39 Å². The van der Waals surface area contributed by atoms with E-state index < -0.39 is 0 Å². The van der Waals surface area contributed by atoms with E-state index in [1.807, 2.05) is 16.7 Å². The molecule has 2 aromatic rings. The van der Waals surface area contributed by atoms with Gasteiger partial charge < -0.3 is 15.2 Å². The Morgan fingerprint density at radius 2 is 1.92 bits per heavy atom. The summed E-state index contributed by atoms with van der Waals surface area (Å²) in [5.74, 6) is 1.49. The molecule has 2 rings (SSSR count).